The highest BCUT2D eigenvalue weighted by Crippen LogP contribution is 2.44. The normalized spacial score (nSPS) is 17.1. The number of aliphatic hydroxyl groups is 1. The zero-order valence-corrected chi connectivity index (χ0v) is 18.0. The standard InChI is InChI=1S/C27H20N2O5/c30-25(21-12-3-5-14-23(21)29(33)34)16-27(32)22-13-4-6-15-24(22)28(26(27)31)17-19-10-7-9-18-8-1-2-11-20(18)19/h1-15,32H,16-17H2/t27-/m1/s1. The number of nitro benzene ring substituents is 1. The minimum absolute atomic E-state index is 0.140. The molecular weight excluding hydrogens is 432 g/mol. The van der Waals surface area contributed by atoms with E-state index in [4.69, 9.17) is 0 Å². The zero-order valence-electron chi connectivity index (χ0n) is 18.0. The number of nitrogens with zero attached hydrogens (tertiary/aromatic N) is 2. The summed E-state index contributed by atoms with van der Waals surface area (Å²) in [6.45, 7) is 0.208. The Morgan fingerprint density at radius 3 is 2.41 bits per heavy atom. The summed E-state index contributed by atoms with van der Waals surface area (Å²) in [5.74, 6) is -1.31. The predicted octanol–water partition coefficient (Wildman–Crippen LogP) is 4.76. The highest BCUT2D eigenvalue weighted by Gasteiger charge is 2.51. The first-order chi connectivity index (χ1) is 16.4. The minimum atomic E-state index is -2.12. The molecule has 0 radical (unpaired) electrons. The molecule has 0 fully saturated rings. The molecule has 1 atom stereocenters. The van der Waals surface area contributed by atoms with Gasteiger partial charge in [0.1, 0.15) is 0 Å². The van der Waals surface area contributed by atoms with Gasteiger partial charge in [0.05, 0.1) is 29.1 Å². The lowest BCUT2D eigenvalue weighted by molar-refractivity contribution is -0.385. The molecule has 1 aliphatic rings. The lowest BCUT2D eigenvalue weighted by atomic mass is 9.88. The van der Waals surface area contributed by atoms with E-state index >= 15 is 0 Å². The first-order valence-corrected chi connectivity index (χ1v) is 10.8. The van der Waals surface area contributed by atoms with Crippen molar-refractivity contribution in [3.63, 3.8) is 0 Å². The van der Waals surface area contributed by atoms with Crippen molar-refractivity contribution in [3.8, 4) is 0 Å². The van der Waals surface area contributed by atoms with Crippen LogP contribution in [0.15, 0.2) is 91.0 Å². The number of carbonyl (C=O) groups is 2. The first kappa shape index (κ1) is 21.5. The molecule has 0 unspecified atom stereocenters. The number of anilines is 1. The van der Waals surface area contributed by atoms with Crippen molar-refractivity contribution in [1.82, 2.24) is 0 Å². The van der Waals surface area contributed by atoms with Crippen LogP contribution in [0.1, 0.15) is 27.9 Å². The lowest BCUT2D eigenvalue weighted by Gasteiger charge is -2.23. The van der Waals surface area contributed by atoms with Crippen molar-refractivity contribution in [2.24, 2.45) is 0 Å². The van der Waals surface area contributed by atoms with E-state index in [1.165, 1.54) is 29.2 Å². The van der Waals surface area contributed by atoms with Crippen molar-refractivity contribution < 1.29 is 19.6 Å². The topological polar surface area (TPSA) is 101 Å². The van der Waals surface area contributed by atoms with Crippen molar-refractivity contribution in [3.05, 3.63) is 118 Å². The molecule has 1 N–H and O–H groups in total. The maximum absolute atomic E-state index is 13.6. The molecule has 34 heavy (non-hydrogen) atoms. The number of amides is 1. The lowest BCUT2D eigenvalue weighted by Crippen LogP contribution is -2.41. The van der Waals surface area contributed by atoms with Crippen LogP contribution >= 0.6 is 0 Å². The highest BCUT2D eigenvalue weighted by molar-refractivity contribution is 6.11. The molecule has 0 aromatic heterocycles. The SMILES string of the molecule is O=C(C[C@]1(O)C(=O)N(Cc2cccc3ccccc23)c2ccccc21)c1ccccc1[N+](=O)[O-]. The molecular formula is C27H20N2O5. The quantitative estimate of drug-likeness (QED) is 0.258. The van der Waals surface area contributed by atoms with Gasteiger partial charge in [-0.15, -0.1) is 0 Å². The van der Waals surface area contributed by atoms with Gasteiger partial charge in [-0.3, -0.25) is 19.7 Å². The Hall–Kier alpha value is -4.36. The number of hydrogen-bond donors (Lipinski definition) is 1. The van der Waals surface area contributed by atoms with Crippen molar-refractivity contribution in [1.29, 1.82) is 0 Å². The molecule has 0 saturated carbocycles. The fraction of sp³-hybridized carbons (Fsp3) is 0.111. The van der Waals surface area contributed by atoms with Gasteiger partial charge in [-0.1, -0.05) is 72.8 Å². The van der Waals surface area contributed by atoms with E-state index in [9.17, 15) is 24.8 Å². The maximum atomic E-state index is 13.6. The van der Waals surface area contributed by atoms with Gasteiger partial charge in [0.25, 0.3) is 11.6 Å². The van der Waals surface area contributed by atoms with Gasteiger partial charge in [0.2, 0.25) is 0 Å². The Morgan fingerprint density at radius 2 is 1.59 bits per heavy atom. The van der Waals surface area contributed by atoms with E-state index in [0.717, 1.165) is 16.3 Å². The van der Waals surface area contributed by atoms with Crippen LogP contribution in [0.25, 0.3) is 10.8 Å². The van der Waals surface area contributed by atoms with E-state index in [2.05, 4.69) is 0 Å². The zero-order chi connectivity index (χ0) is 23.9. The van der Waals surface area contributed by atoms with Crippen LogP contribution < -0.4 is 4.90 Å². The number of benzene rings is 4. The van der Waals surface area contributed by atoms with Crippen LogP contribution in [0.4, 0.5) is 11.4 Å². The average Bonchev–Trinajstić information content (AvgIpc) is 3.06. The van der Waals surface area contributed by atoms with Crippen LogP contribution in [-0.4, -0.2) is 21.7 Å². The smallest absolute Gasteiger partial charge is 0.280 e. The second-order valence-corrected chi connectivity index (χ2v) is 8.28. The predicted molar refractivity (Wildman–Crippen MR) is 128 cm³/mol. The molecule has 0 saturated heterocycles. The third kappa shape index (κ3) is 3.43. The van der Waals surface area contributed by atoms with Crippen molar-refractivity contribution >= 4 is 33.8 Å². The molecule has 7 heteroatoms. The van der Waals surface area contributed by atoms with Gasteiger partial charge in [-0.2, -0.15) is 0 Å². The van der Waals surface area contributed by atoms with Crippen molar-refractivity contribution in [2.75, 3.05) is 4.90 Å². The summed E-state index contributed by atoms with van der Waals surface area (Å²) >= 11 is 0. The number of fused-ring (bicyclic) bond motifs is 2. The van der Waals surface area contributed by atoms with Gasteiger partial charge in [-0.05, 0) is 28.5 Å². The monoisotopic (exact) mass is 452 g/mol. The van der Waals surface area contributed by atoms with Gasteiger partial charge in [0, 0.05) is 11.6 Å². The molecule has 4 aromatic rings. The second kappa shape index (κ2) is 8.20. The summed E-state index contributed by atoms with van der Waals surface area (Å²) in [6.07, 6.45) is -0.597. The first-order valence-electron chi connectivity index (χ1n) is 10.8. The molecule has 5 rings (SSSR count). The Balaban J connectivity index is 1.53. The second-order valence-electron chi connectivity index (χ2n) is 8.28. The fourth-order valence-corrected chi connectivity index (χ4v) is 4.63. The summed E-state index contributed by atoms with van der Waals surface area (Å²) in [6, 6.07) is 26.0. The van der Waals surface area contributed by atoms with Crippen LogP contribution in [0.2, 0.25) is 0 Å². The molecule has 7 nitrogen and oxygen atoms in total. The van der Waals surface area contributed by atoms with Crippen LogP contribution in [-0.2, 0) is 16.9 Å². The summed E-state index contributed by atoms with van der Waals surface area (Å²) in [4.78, 5) is 38.9. The summed E-state index contributed by atoms with van der Waals surface area (Å²) in [5, 5.41) is 25.0. The largest absolute Gasteiger partial charge is 0.375 e. The van der Waals surface area contributed by atoms with E-state index in [1.54, 1.807) is 24.3 Å². The minimum Gasteiger partial charge on any atom is -0.375 e. The number of carbonyl (C=O) groups excluding carboxylic acids is 2. The number of rotatable bonds is 6. The Kier molecular flexibility index (Phi) is 5.18. The molecule has 1 heterocycles. The number of hydrogen-bond acceptors (Lipinski definition) is 5. The van der Waals surface area contributed by atoms with E-state index in [0.29, 0.717) is 11.3 Å². The number of ketones is 1. The summed E-state index contributed by atoms with van der Waals surface area (Å²) < 4.78 is 0. The van der Waals surface area contributed by atoms with Gasteiger partial charge >= 0.3 is 0 Å². The maximum Gasteiger partial charge on any atom is 0.280 e. The fourth-order valence-electron chi connectivity index (χ4n) is 4.63. The molecule has 4 aromatic carbocycles. The average molecular weight is 452 g/mol. The van der Waals surface area contributed by atoms with Gasteiger partial charge in [-0.25, -0.2) is 0 Å². The molecule has 1 amide bonds. The Labute approximate surface area is 195 Å². The Bertz CT molecular complexity index is 1460. The number of nitro groups is 1. The third-order valence-electron chi connectivity index (χ3n) is 6.27. The van der Waals surface area contributed by atoms with Gasteiger partial charge in [0.15, 0.2) is 11.4 Å². The molecule has 168 valence electrons. The van der Waals surface area contributed by atoms with Crippen LogP contribution in [0.3, 0.4) is 0 Å². The Morgan fingerprint density at radius 1 is 0.912 bits per heavy atom. The van der Waals surface area contributed by atoms with Crippen LogP contribution in [0.5, 0.6) is 0 Å². The van der Waals surface area contributed by atoms with Crippen molar-refractivity contribution in [2.45, 2.75) is 18.6 Å². The summed E-state index contributed by atoms with van der Waals surface area (Å²) in [5.41, 5.74) is -0.899. The van der Waals surface area contributed by atoms with E-state index in [-0.39, 0.29) is 17.8 Å². The van der Waals surface area contributed by atoms with E-state index < -0.39 is 28.6 Å². The van der Waals surface area contributed by atoms with E-state index in [1.807, 2.05) is 42.5 Å². The number of Topliss-reactive ketones (excluding diaryl/α,β-unsaturated/α-hetero) is 1. The van der Waals surface area contributed by atoms with Gasteiger partial charge < -0.3 is 10.0 Å². The summed E-state index contributed by atoms with van der Waals surface area (Å²) in [7, 11) is 0. The highest BCUT2D eigenvalue weighted by atomic mass is 16.6. The third-order valence-corrected chi connectivity index (χ3v) is 6.27. The van der Waals surface area contributed by atoms with Crippen LogP contribution in [0, 0.1) is 10.1 Å². The number of para-hydroxylation sites is 2. The molecule has 0 bridgehead atoms. The molecule has 1 aliphatic heterocycles. The molecule has 0 aliphatic carbocycles. The molecule has 0 spiro atoms.